The van der Waals surface area contributed by atoms with E-state index < -0.39 is 0 Å². The van der Waals surface area contributed by atoms with Crippen LogP contribution in [-0.4, -0.2) is 19.0 Å². The molecule has 84 valence electrons. The number of hydrogen-bond acceptors (Lipinski definition) is 2. The van der Waals surface area contributed by atoms with Crippen molar-refractivity contribution in [3.8, 4) is 0 Å². The molecule has 0 aromatic carbocycles. The van der Waals surface area contributed by atoms with Crippen LogP contribution >= 0.6 is 0 Å². The van der Waals surface area contributed by atoms with Crippen LogP contribution in [0.4, 0.5) is 0 Å². The lowest BCUT2D eigenvalue weighted by atomic mass is 9.95. The van der Waals surface area contributed by atoms with E-state index in [1.54, 1.807) is 0 Å². The third-order valence-electron chi connectivity index (χ3n) is 2.97. The molecule has 1 aliphatic rings. The molecule has 2 nitrogen and oxygen atoms in total. The molecule has 1 saturated heterocycles. The molecule has 0 spiro atoms. The fraction of sp³-hybridized carbons (Fsp3) is 1.00. The van der Waals surface area contributed by atoms with Crippen molar-refractivity contribution in [3.05, 3.63) is 0 Å². The lowest BCUT2D eigenvalue weighted by molar-refractivity contribution is -0.240. The maximum atomic E-state index is 5.95. The summed E-state index contributed by atoms with van der Waals surface area (Å²) in [5.41, 5.74) is 0. The van der Waals surface area contributed by atoms with Gasteiger partial charge >= 0.3 is 0 Å². The fourth-order valence-electron chi connectivity index (χ4n) is 2.04. The van der Waals surface area contributed by atoms with Crippen molar-refractivity contribution in [2.24, 2.45) is 5.92 Å². The Labute approximate surface area is 88.0 Å². The second kappa shape index (κ2) is 6.41. The molecule has 3 atom stereocenters. The molecule has 1 heterocycles. The summed E-state index contributed by atoms with van der Waals surface area (Å²) in [5, 5.41) is 0. The van der Waals surface area contributed by atoms with Crippen molar-refractivity contribution in [2.45, 2.75) is 65.3 Å². The van der Waals surface area contributed by atoms with Crippen LogP contribution in [0.5, 0.6) is 0 Å². The molecule has 0 radical (unpaired) electrons. The molecule has 0 bridgehead atoms. The van der Waals surface area contributed by atoms with Gasteiger partial charge in [0, 0.05) is 5.92 Å². The number of ether oxygens (including phenoxy) is 2. The molecule has 0 aromatic rings. The Hall–Kier alpha value is -0.0800. The van der Waals surface area contributed by atoms with E-state index in [4.69, 9.17) is 9.47 Å². The molecule has 1 aliphatic heterocycles. The Balaban J connectivity index is 2.39. The van der Waals surface area contributed by atoms with Crippen LogP contribution in [0.2, 0.25) is 0 Å². The Morgan fingerprint density at radius 1 is 1.07 bits per heavy atom. The lowest BCUT2D eigenvalue weighted by Crippen LogP contribution is -2.39. The van der Waals surface area contributed by atoms with Crippen LogP contribution < -0.4 is 0 Å². The Kier molecular flexibility index (Phi) is 5.49. The van der Waals surface area contributed by atoms with Gasteiger partial charge in [-0.25, -0.2) is 0 Å². The van der Waals surface area contributed by atoms with E-state index in [0.717, 1.165) is 19.4 Å². The smallest absolute Gasteiger partial charge is 0.157 e. The lowest BCUT2D eigenvalue weighted by Gasteiger charge is -2.36. The van der Waals surface area contributed by atoms with E-state index in [1.807, 2.05) is 0 Å². The first-order valence-electron chi connectivity index (χ1n) is 6.08. The number of rotatable bonds is 5. The average molecular weight is 200 g/mol. The van der Waals surface area contributed by atoms with Gasteiger partial charge in [-0.2, -0.15) is 0 Å². The van der Waals surface area contributed by atoms with E-state index in [0.29, 0.717) is 12.0 Å². The average Bonchev–Trinajstić information content (AvgIpc) is 2.19. The maximum absolute atomic E-state index is 5.95. The Morgan fingerprint density at radius 2 is 1.79 bits per heavy atom. The zero-order valence-corrected chi connectivity index (χ0v) is 9.79. The Morgan fingerprint density at radius 3 is 2.36 bits per heavy atom. The van der Waals surface area contributed by atoms with Crippen LogP contribution in [0.25, 0.3) is 0 Å². The normalized spacial score (nSPS) is 33.2. The van der Waals surface area contributed by atoms with Crippen LogP contribution in [-0.2, 0) is 9.47 Å². The predicted molar refractivity (Wildman–Crippen MR) is 58.2 cm³/mol. The van der Waals surface area contributed by atoms with Gasteiger partial charge in [-0.05, 0) is 19.3 Å². The zero-order chi connectivity index (χ0) is 10.4. The molecule has 1 rings (SSSR count). The summed E-state index contributed by atoms with van der Waals surface area (Å²) in [6.45, 7) is 7.51. The van der Waals surface area contributed by atoms with Crippen molar-refractivity contribution < 1.29 is 9.47 Å². The van der Waals surface area contributed by atoms with Gasteiger partial charge in [-0.15, -0.1) is 0 Å². The van der Waals surface area contributed by atoms with Gasteiger partial charge < -0.3 is 9.47 Å². The van der Waals surface area contributed by atoms with Gasteiger partial charge in [0.15, 0.2) is 6.29 Å². The van der Waals surface area contributed by atoms with E-state index in [2.05, 4.69) is 20.8 Å². The first-order valence-corrected chi connectivity index (χ1v) is 6.08. The van der Waals surface area contributed by atoms with Crippen LogP contribution in [0.3, 0.4) is 0 Å². The minimum absolute atomic E-state index is 0.0688. The molecule has 0 unspecified atom stereocenters. The minimum Gasteiger partial charge on any atom is -0.352 e. The molecule has 0 aromatic heterocycles. The highest BCUT2D eigenvalue weighted by Crippen LogP contribution is 2.26. The van der Waals surface area contributed by atoms with E-state index >= 15 is 0 Å². The van der Waals surface area contributed by atoms with Crippen molar-refractivity contribution in [2.75, 3.05) is 6.61 Å². The monoisotopic (exact) mass is 200 g/mol. The minimum atomic E-state index is 0.0688. The predicted octanol–water partition coefficient (Wildman–Crippen LogP) is 3.35. The summed E-state index contributed by atoms with van der Waals surface area (Å²) in [4.78, 5) is 0. The summed E-state index contributed by atoms with van der Waals surface area (Å²) in [7, 11) is 0. The molecule has 0 saturated carbocycles. The number of hydrogen-bond donors (Lipinski definition) is 0. The van der Waals surface area contributed by atoms with Crippen molar-refractivity contribution in [1.82, 2.24) is 0 Å². The second-order valence-corrected chi connectivity index (χ2v) is 4.18. The highest BCUT2D eigenvalue weighted by Gasteiger charge is 2.29. The largest absolute Gasteiger partial charge is 0.352 e. The van der Waals surface area contributed by atoms with E-state index in [9.17, 15) is 0 Å². The van der Waals surface area contributed by atoms with Gasteiger partial charge in [-0.1, -0.05) is 33.6 Å². The van der Waals surface area contributed by atoms with Crippen molar-refractivity contribution in [3.63, 3.8) is 0 Å². The van der Waals surface area contributed by atoms with Gasteiger partial charge in [0.25, 0.3) is 0 Å². The maximum Gasteiger partial charge on any atom is 0.157 e. The van der Waals surface area contributed by atoms with Crippen LogP contribution in [0.15, 0.2) is 0 Å². The first-order chi connectivity index (χ1) is 6.81. The van der Waals surface area contributed by atoms with Crippen molar-refractivity contribution >= 4 is 0 Å². The molecular formula is C12H24O2. The third-order valence-corrected chi connectivity index (χ3v) is 2.97. The first kappa shape index (κ1) is 12.0. The molecular weight excluding hydrogens is 176 g/mol. The molecule has 0 N–H and O–H groups in total. The summed E-state index contributed by atoms with van der Waals surface area (Å²) in [6.07, 6.45) is 6.25. The Bertz CT molecular complexity index is 147. The molecule has 0 amide bonds. The summed E-state index contributed by atoms with van der Waals surface area (Å²) in [5.74, 6) is 0.614. The van der Waals surface area contributed by atoms with E-state index in [1.165, 1.54) is 19.3 Å². The summed E-state index contributed by atoms with van der Waals surface area (Å²) >= 11 is 0. The van der Waals surface area contributed by atoms with Gasteiger partial charge in [-0.3, -0.25) is 0 Å². The third kappa shape index (κ3) is 3.25. The van der Waals surface area contributed by atoms with Crippen LogP contribution in [0.1, 0.15) is 52.9 Å². The summed E-state index contributed by atoms with van der Waals surface area (Å²) < 4.78 is 11.6. The fourth-order valence-corrected chi connectivity index (χ4v) is 2.04. The summed E-state index contributed by atoms with van der Waals surface area (Å²) in [6, 6.07) is 0. The van der Waals surface area contributed by atoms with Gasteiger partial charge in [0.2, 0.25) is 0 Å². The van der Waals surface area contributed by atoms with Crippen LogP contribution in [0, 0.1) is 5.92 Å². The highest BCUT2D eigenvalue weighted by atomic mass is 16.7. The molecule has 2 heteroatoms. The highest BCUT2D eigenvalue weighted by molar-refractivity contribution is 4.73. The SMILES string of the molecule is CCC[C@H]1OC[C@H](CC)[C@@H](CCC)O1. The van der Waals surface area contributed by atoms with Crippen molar-refractivity contribution in [1.29, 1.82) is 0 Å². The van der Waals surface area contributed by atoms with Gasteiger partial charge in [0.1, 0.15) is 0 Å². The second-order valence-electron chi connectivity index (χ2n) is 4.18. The standard InChI is InChI=1S/C12H24O2/c1-4-7-11-10(6-3)9-13-12(14-11)8-5-2/h10-12H,4-9H2,1-3H3/t10-,11+,12-/m0/s1. The van der Waals surface area contributed by atoms with Gasteiger partial charge in [0.05, 0.1) is 12.7 Å². The molecule has 0 aliphatic carbocycles. The zero-order valence-electron chi connectivity index (χ0n) is 9.79. The topological polar surface area (TPSA) is 18.5 Å². The molecule has 1 fully saturated rings. The van der Waals surface area contributed by atoms with E-state index in [-0.39, 0.29) is 6.29 Å². The quantitative estimate of drug-likeness (QED) is 0.677. The molecule has 14 heavy (non-hydrogen) atoms.